The van der Waals surface area contributed by atoms with E-state index in [1.54, 1.807) is 6.92 Å². The third kappa shape index (κ3) is 18.6. The van der Waals surface area contributed by atoms with Crippen molar-refractivity contribution in [2.45, 2.75) is 192 Å². The summed E-state index contributed by atoms with van der Waals surface area (Å²) < 4.78 is 2.89. The van der Waals surface area contributed by atoms with Gasteiger partial charge in [0.1, 0.15) is 24.8 Å². The highest BCUT2D eigenvalue weighted by Crippen LogP contribution is 2.67. The van der Waals surface area contributed by atoms with Crippen molar-refractivity contribution >= 4 is 18.3 Å². The summed E-state index contributed by atoms with van der Waals surface area (Å²) in [7, 11) is 3.11. The van der Waals surface area contributed by atoms with Crippen LogP contribution in [0.25, 0.3) is 0 Å². The maximum Gasteiger partial charge on any atom is 0.171 e. The molecule has 3 fully saturated rings. The molecule has 1 saturated heterocycles. The number of aliphatic hydroxyl groups is 2. The summed E-state index contributed by atoms with van der Waals surface area (Å²) in [4.78, 5) is 27.3. The van der Waals surface area contributed by atoms with Gasteiger partial charge < -0.3 is 25.2 Å². The standard InChI is InChI=1S/C57H89N4O2.C9H12.C2H4O.2C2H6.CH4O/c1-13-49-41(3)34-43(5)56(11)46(8)51(37-45(7)63)53-40(2)25-26-57(38-52(49)56,55(53,9)10)61-28-20-18-22-47(39-61)35-42(4)50(54(58-12)48-23-16-14-17-24-48)36-44(6)60-31-29-59(30-32-60)27-19-15-21-33-62;1-3-9-6-4-8(2)5-7-9;1-2-3;3*1-2/h14,16-18,22-24,39,41,43,47,49-52,54,58,62H,4,6,8,13,15,19-21,25-38H2,1-3,5,7,9-12H3;3-4,6-8H,1,5H2,2H3;2H,1H3;2*1-2H3;2H,1H3/q+1;;;;;. The Kier molecular flexibility index (Phi) is 32.8. The molecule has 1 aromatic carbocycles. The highest BCUT2D eigenvalue weighted by molar-refractivity contribution is 5.77. The molecular weight excluding hydrogens is 997 g/mol. The van der Waals surface area contributed by atoms with Crippen LogP contribution in [0.15, 0.2) is 127 Å². The first-order chi connectivity index (χ1) is 38.8. The van der Waals surface area contributed by atoms with Crippen LogP contribution in [0.4, 0.5) is 0 Å². The first kappa shape index (κ1) is 72.9. The predicted octanol–water partition coefficient (Wildman–Crippen LogP) is 16.2. The number of aliphatic hydroxyl groups excluding tert-OH is 2. The zero-order valence-electron chi connectivity index (χ0n) is 54.7. The number of rotatable bonds is 19. The Morgan fingerprint density at radius 3 is 2.16 bits per heavy atom. The van der Waals surface area contributed by atoms with Crippen LogP contribution >= 0.6 is 0 Å². The quantitative estimate of drug-likeness (QED) is 0.0550. The molecule has 6 aliphatic rings. The number of carbonyl (C=O) groups is 2. The summed E-state index contributed by atoms with van der Waals surface area (Å²) in [6, 6.07) is 11.1. The summed E-state index contributed by atoms with van der Waals surface area (Å²) in [5, 5.41) is 20.0. The van der Waals surface area contributed by atoms with Gasteiger partial charge in [-0.1, -0.05) is 184 Å². The summed E-state index contributed by atoms with van der Waals surface area (Å²) in [6.45, 7) is 56.1. The van der Waals surface area contributed by atoms with Crippen molar-refractivity contribution in [2.75, 3.05) is 60.0 Å². The van der Waals surface area contributed by atoms with Gasteiger partial charge in [-0.15, -0.1) is 0 Å². The number of nitrogens with zero attached hydrogens (tertiary/aromatic N) is 3. The minimum absolute atomic E-state index is 0.0438. The molecule has 4 aliphatic carbocycles. The van der Waals surface area contributed by atoms with Gasteiger partial charge >= 0.3 is 0 Å². The van der Waals surface area contributed by atoms with Gasteiger partial charge in [-0.05, 0) is 146 Å². The van der Waals surface area contributed by atoms with Crippen LogP contribution in [0.1, 0.15) is 192 Å². The molecule has 0 spiro atoms. The lowest BCUT2D eigenvalue weighted by Gasteiger charge is -2.62. The van der Waals surface area contributed by atoms with E-state index in [0.717, 1.165) is 117 Å². The Morgan fingerprint density at radius 2 is 1.60 bits per heavy atom. The Balaban J connectivity index is 0.00000108. The number of unbranched alkanes of at least 4 members (excludes halogenated alkanes) is 2. The molecule has 0 radical (unpaired) electrons. The number of carbonyl (C=O) groups excluding carboxylic acids is 2. The van der Waals surface area contributed by atoms with E-state index < -0.39 is 0 Å². The van der Waals surface area contributed by atoms with Crippen molar-refractivity contribution in [1.29, 1.82) is 0 Å². The first-order valence-electron chi connectivity index (χ1n) is 32.0. The smallest absolute Gasteiger partial charge is 0.171 e. The van der Waals surface area contributed by atoms with Gasteiger partial charge in [-0.2, -0.15) is 0 Å². The van der Waals surface area contributed by atoms with Crippen LogP contribution in [0.3, 0.4) is 0 Å². The van der Waals surface area contributed by atoms with Gasteiger partial charge in [-0.3, -0.25) is 9.69 Å². The SMILES string of the molecule is C=C(CC1C=CCC[N+](C23CCC(C)=C(C(CC(C)=O)C(=C)C4(C)C(C)CC(C)C(CC)C4C2)C3(C)C)=C1)C(CC(=C)N1CCN(CCCCCO)CC1)C(NC)c1ccccc1.C=CC1=CCC(C)C=C1.CC.CC.CC=O.CO. The minimum atomic E-state index is -0.154. The van der Waals surface area contributed by atoms with Crippen molar-refractivity contribution < 1.29 is 24.4 Å². The third-order valence-corrected chi connectivity index (χ3v) is 19.7. The van der Waals surface area contributed by atoms with Crippen LogP contribution in [-0.2, 0) is 9.59 Å². The Morgan fingerprint density at radius 1 is 0.963 bits per heavy atom. The van der Waals surface area contributed by atoms with Crippen molar-refractivity contribution in [3.8, 4) is 0 Å². The summed E-state index contributed by atoms with van der Waals surface area (Å²) in [6.07, 6.45) is 30.3. The van der Waals surface area contributed by atoms with E-state index in [9.17, 15) is 9.90 Å². The van der Waals surface area contributed by atoms with E-state index in [-0.39, 0.29) is 45.9 Å². The lowest BCUT2D eigenvalue weighted by molar-refractivity contribution is -0.628. The van der Waals surface area contributed by atoms with Gasteiger partial charge in [0.15, 0.2) is 5.54 Å². The highest BCUT2D eigenvalue weighted by Gasteiger charge is 2.65. The number of benzene rings is 1. The van der Waals surface area contributed by atoms with Crippen molar-refractivity contribution in [3.63, 3.8) is 0 Å². The lowest BCUT2D eigenvalue weighted by Crippen LogP contribution is -2.63. The van der Waals surface area contributed by atoms with E-state index in [4.69, 9.17) is 29.6 Å². The number of fused-ring (bicyclic) bond motifs is 3. The molecule has 0 aromatic heterocycles. The number of aldehydes is 1. The van der Waals surface area contributed by atoms with Crippen molar-refractivity contribution in [2.24, 2.45) is 58.2 Å². The van der Waals surface area contributed by atoms with Crippen molar-refractivity contribution in [1.82, 2.24) is 15.1 Å². The fourth-order valence-electron chi connectivity index (χ4n) is 15.3. The molecular formula is C73H121N4O4+. The average Bonchev–Trinajstić information content (AvgIpc) is 3.09. The number of hydrogen-bond acceptors (Lipinski definition) is 7. The average molecular weight is 1120 g/mol. The van der Waals surface area contributed by atoms with Gasteiger partial charge in [-0.25, -0.2) is 4.58 Å². The number of allylic oxidation sites excluding steroid dienone is 9. The van der Waals surface area contributed by atoms with Crippen LogP contribution in [0, 0.1) is 58.2 Å². The molecule has 2 bridgehead atoms. The second-order valence-corrected chi connectivity index (χ2v) is 24.6. The molecule has 81 heavy (non-hydrogen) atoms. The minimum Gasteiger partial charge on any atom is -0.400 e. The monoisotopic (exact) mass is 1120 g/mol. The van der Waals surface area contributed by atoms with Crippen LogP contribution < -0.4 is 5.32 Å². The van der Waals surface area contributed by atoms with Crippen LogP contribution in [0.2, 0.25) is 0 Å². The summed E-state index contributed by atoms with van der Waals surface area (Å²) >= 11 is 0. The fourth-order valence-corrected chi connectivity index (χ4v) is 15.3. The van der Waals surface area contributed by atoms with E-state index in [1.165, 1.54) is 58.9 Å². The molecule has 8 heteroatoms. The second-order valence-electron chi connectivity index (χ2n) is 24.6. The first-order valence-corrected chi connectivity index (χ1v) is 32.0. The Bertz CT molecular complexity index is 2260. The second kappa shape index (κ2) is 36.5. The van der Waals surface area contributed by atoms with E-state index in [2.05, 4.69) is 156 Å². The number of piperazine rings is 1. The third-order valence-electron chi connectivity index (χ3n) is 19.7. The highest BCUT2D eigenvalue weighted by atomic mass is 16.3. The lowest BCUT2D eigenvalue weighted by atomic mass is 9.42. The van der Waals surface area contributed by atoms with Gasteiger partial charge in [0.05, 0.1) is 11.3 Å². The Labute approximate surface area is 497 Å². The molecule has 7 rings (SSSR count). The maximum atomic E-state index is 13.3. The summed E-state index contributed by atoms with van der Waals surface area (Å²) in [5.41, 5.74) is 9.12. The molecule has 2 aliphatic heterocycles. The molecule has 11 atom stereocenters. The van der Waals surface area contributed by atoms with E-state index in [0.29, 0.717) is 42.6 Å². The molecule has 2 saturated carbocycles. The van der Waals surface area contributed by atoms with E-state index >= 15 is 0 Å². The number of Topliss-reactive ketones (excluding diaryl/α,β-unsaturated/α-hetero) is 1. The van der Waals surface area contributed by atoms with Crippen molar-refractivity contribution in [3.05, 3.63) is 132 Å². The zero-order valence-corrected chi connectivity index (χ0v) is 54.7. The molecule has 8 nitrogen and oxygen atoms in total. The van der Waals surface area contributed by atoms with Crippen LogP contribution in [0.5, 0.6) is 0 Å². The fraction of sp³-hybridized carbons (Fsp3) is 0.658. The predicted molar refractivity (Wildman–Crippen MR) is 350 cm³/mol. The van der Waals surface area contributed by atoms with Crippen LogP contribution in [-0.4, -0.2) is 108 Å². The van der Waals surface area contributed by atoms with E-state index in [1.807, 2.05) is 33.8 Å². The molecule has 456 valence electrons. The maximum absolute atomic E-state index is 13.3. The normalized spacial score (nSPS) is 28.2. The van der Waals surface area contributed by atoms with Gasteiger partial charge in [0.25, 0.3) is 0 Å². The molecule has 11 unspecified atom stereocenters. The molecule has 2 heterocycles. The number of hydrogen-bond donors (Lipinski definition) is 3. The van der Waals surface area contributed by atoms with Gasteiger partial charge in [0, 0.05) is 89.2 Å². The molecule has 3 N–H and O–H groups in total. The summed E-state index contributed by atoms with van der Waals surface area (Å²) in [5.74, 6) is 3.76. The molecule has 0 amide bonds. The van der Waals surface area contributed by atoms with Gasteiger partial charge in [0.2, 0.25) is 0 Å². The number of nitrogens with one attached hydrogen (secondary N) is 1. The largest absolute Gasteiger partial charge is 0.400 e. The zero-order chi connectivity index (χ0) is 61.1. The number of ketones is 1. The molecule has 1 aromatic rings. The Hall–Kier alpha value is -4.21. The topological polar surface area (TPSA) is 96.1 Å².